The number of hydrogen-bond acceptors (Lipinski definition) is 8. The van der Waals surface area contributed by atoms with Crippen LogP contribution in [0.15, 0.2) is 130 Å². The highest BCUT2D eigenvalue weighted by Gasteiger charge is 2.46. The van der Waals surface area contributed by atoms with Gasteiger partial charge in [0.15, 0.2) is 6.29 Å². The molecule has 0 saturated carbocycles. The first kappa shape index (κ1) is 57.7. The molecule has 1 fully saturated rings. The fourth-order valence-corrected chi connectivity index (χ4v) is 9.50. The van der Waals surface area contributed by atoms with Crippen LogP contribution >= 0.6 is 0 Å². The van der Waals surface area contributed by atoms with Crippen LogP contribution in [0.1, 0.15) is 167 Å². The van der Waals surface area contributed by atoms with Gasteiger partial charge < -0.3 is 34.6 Å². The monoisotopic (exact) mass is 927 g/mol. The fraction of sp³-hybridized carbons (Fsp3) is 0.610. The fourth-order valence-electron chi connectivity index (χ4n) is 9.50. The zero-order valence-corrected chi connectivity index (χ0v) is 43.5. The Hall–Kier alpha value is -3.63. The largest absolute Gasteiger partial charge is 0.463 e. The van der Waals surface area contributed by atoms with Gasteiger partial charge >= 0.3 is 5.97 Å². The predicted molar refractivity (Wildman–Crippen MR) is 277 cm³/mol. The second-order valence-corrected chi connectivity index (χ2v) is 21.4. The minimum absolute atomic E-state index is 0.0227. The van der Waals surface area contributed by atoms with Crippen LogP contribution in [0.25, 0.3) is 0 Å². The molecule has 5 unspecified atom stereocenters. The van der Waals surface area contributed by atoms with E-state index in [-0.39, 0.29) is 35.6 Å². The Morgan fingerprint density at radius 2 is 1.12 bits per heavy atom. The Morgan fingerprint density at radius 3 is 1.64 bits per heavy atom. The lowest BCUT2D eigenvalue weighted by Gasteiger charge is -2.43. The molecule has 0 aromatic rings. The molecule has 0 amide bonds. The summed E-state index contributed by atoms with van der Waals surface area (Å²) in [5.74, 6) is 0.398. The van der Waals surface area contributed by atoms with Crippen LogP contribution in [0.3, 0.4) is 0 Å². The Balaban J connectivity index is 1.47. The van der Waals surface area contributed by atoms with Crippen LogP contribution in [0.4, 0.5) is 0 Å². The van der Waals surface area contributed by atoms with E-state index in [0.717, 1.165) is 54.7 Å². The molecule has 0 aromatic heterocycles. The SMILES string of the molecule is CC1=C(/C=C/C(C)=C/C=C/C(C)=C/C=C/C=C(C)/C=C/C=C(C)/C=C/C2=C(C)C[C@@H](OC3OC(COC(=O)CCCCCCCCCC(C)C)C(O)C(O)C3O)CC2(C)C)C(C)(C)C[C@H](O)C1. The number of hydrogen-bond donors (Lipinski definition) is 4. The van der Waals surface area contributed by atoms with E-state index in [9.17, 15) is 25.2 Å². The molecule has 0 radical (unpaired) electrons. The van der Waals surface area contributed by atoms with E-state index in [0.29, 0.717) is 19.3 Å². The summed E-state index contributed by atoms with van der Waals surface area (Å²) < 4.78 is 17.7. The summed E-state index contributed by atoms with van der Waals surface area (Å²) in [6, 6.07) is 0. The summed E-state index contributed by atoms with van der Waals surface area (Å²) in [4.78, 5) is 12.5. The molecule has 3 aliphatic rings. The molecule has 67 heavy (non-hydrogen) atoms. The summed E-state index contributed by atoms with van der Waals surface area (Å²) in [7, 11) is 0. The van der Waals surface area contributed by atoms with Gasteiger partial charge in [-0.15, -0.1) is 0 Å². The molecule has 1 heterocycles. The van der Waals surface area contributed by atoms with Crippen molar-refractivity contribution in [2.75, 3.05) is 6.61 Å². The van der Waals surface area contributed by atoms with Gasteiger partial charge in [0, 0.05) is 6.42 Å². The predicted octanol–water partition coefficient (Wildman–Crippen LogP) is 13.1. The van der Waals surface area contributed by atoms with Gasteiger partial charge in [0.1, 0.15) is 31.0 Å². The second kappa shape index (κ2) is 28.8. The van der Waals surface area contributed by atoms with Crippen molar-refractivity contribution in [3.05, 3.63) is 130 Å². The van der Waals surface area contributed by atoms with Crippen molar-refractivity contribution >= 4 is 5.97 Å². The Labute approximate surface area is 406 Å². The Bertz CT molecular complexity index is 1920. The number of unbranched alkanes of at least 4 members (excludes halogenated alkanes) is 6. The third-order valence-corrected chi connectivity index (χ3v) is 13.3. The van der Waals surface area contributed by atoms with E-state index in [1.165, 1.54) is 60.0 Å². The van der Waals surface area contributed by atoms with Crippen LogP contribution in [0.5, 0.6) is 0 Å². The van der Waals surface area contributed by atoms with Crippen molar-refractivity contribution in [1.29, 1.82) is 0 Å². The molecule has 3 rings (SSSR count). The molecule has 2 aliphatic carbocycles. The van der Waals surface area contributed by atoms with Crippen LogP contribution in [-0.2, 0) is 19.0 Å². The van der Waals surface area contributed by atoms with Crippen LogP contribution in [-0.4, -0.2) is 75.9 Å². The molecular weight excluding hydrogens is 837 g/mol. The molecule has 0 bridgehead atoms. The van der Waals surface area contributed by atoms with Crippen molar-refractivity contribution in [2.24, 2.45) is 16.7 Å². The maximum Gasteiger partial charge on any atom is 0.305 e. The highest BCUT2D eigenvalue weighted by atomic mass is 16.7. The number of carbonyl (C=O) groups is 1. The van der Waals surface area contributed by atoms with E-state index in [1.54, 1.807) is 0 Å². The summed E-state index contributed by atoms with van der Waals surface area (Å²) >= 11 is 0. The number of aliphatic hydroxyl groups excluding tert-OH is 4. The highest BCUT2D eigenvalue weighted by molar-refractivity contribution is 5.69. The van der Waals surface area contributed by atoms with Gasteiger partial charge in [-0.2, -0.15) is 0 Å². The van der Waals surface area contributed by atoms with Gasteiger partial charge in [0.05, 0.1) is 12.2 Å². The first-order valence-electron chi connectivity index (χ1n) is 25.3. The molecule has 8 nitrogen and oxygen atoms in total. The number of carbonyl (C=O) groups excluding carboxylic acids is 1. The van der Waals surface area contributed by atoms with Crippen molar-refractivity contribution in [3.63, 3.8) is 0 Å². The van der Waals surface area contributed by atoms with Gasteiger partial charge in [-0.3, -0.25) is 4.79 Å². The number of ether oxygens (including phenoxy) is 3. The third kappa shape index (κ3) is 20.9. The average Bonchev–Trinajstić information content (AvgIpc) is 3.23. The topological polar surface area (TPSA) is 126 Å². The normalized spacial score (nSPS) is 27.1. The van der Waals surface area contributed by atoms with Crippen LogP contribution in [0, 0.1) is 16.7 Å². The number of allylic oxidation sites excluding steroid dienone is 20. The zero-order chi connectivity index (χ0) is 49.7. The lowest BCUT2D eigenvalue weighted by atomic mass is 9.71. The minimum Gasteiger partial charge on any atom is -0.463 e. The highest BCUT2D eigenvalue weighted by Crippen LogP contribution is 2.43. The molecule has 1 saturated heterocycles. The van der Waals surface area contributed by atoms with Gasteiger partial charge in [0.2, 0.25) is 0 Å². The number of rotatable bonds is 24. The van der Waals surface area contributed by atoms with Crippen molar-refractivity contribution in [1.82, 2.24) is 0 Å². The molecule has 7 atom stereocenters. The van der Waals surface area contributed by atoms with E-state index >= 15 is 0 Å². The van der Waals surface area contributed by atoms with E-state index < -0.39 is 30.7 Å². The molecular formula is C59H90O8. The number of aliphatic hydroxyl groups is 4. The maximum atomic E-state index is 12.5. The van der Waals surface area contributed by atoms with Gasteiger partial charge in [-0.25, -0.2) is 0 Å². The summed E-state index contributed by atoms with van der Waals surface area (Å²) in [5.41, 5.74) is 9.32. The van der Waals surface area contributed by atoms with Gasteiger partial charge in [0.25, 0.3) is 0 Å². The summed E-state index contributed by atoms with van der Waals surface area (Å²) in [6.07, 6.45) is 34.6. The van der Waals surface area contributed by atoms with E-state index in [1.807, 2.05) is 0 Å². The summed E-state index contributed by atoms with van der Waals surface area (Å²) in [6.45, 7) is 25.7. The van der Waals surface area contributed by atoms with Crippen LogP contribution in [0.2, 0.25) is 0 Å². The number of esters is 1. The second-order valence-electron chi connectivity index (χ2n) is 21.4. The maximum absolute atomic E-state index is 12.5. The minimum atomic E-state index is -1.50. The Kier molecular flexibility index (Phi) is 24.8. The van der Waals surface area contributed by atoms with Crippen molar-refractivity contribution in [3.8, 4) is 0 Å². The van der Waals surface area contributed by atoms with Crippen molar-refractivity contribution < 1.29 is 39.4 Å². The molecule has 1 aliphatic heterocycles. The first-order chi connectivity index (χ1) is 31.6. The molecule has 8 heteroatoms. The lowest BCUT2D eigenvalue weighted by molar-refractivity contribution is -0.313. The van der Waals surface area contributed by atoms with E-state index in [4.69, 9.17) is 14.2 Å². The molecule has 0 spiro atoms. The first-order valence-corrected chi connectivity index (χ1v) is 25.3. The van der Waals surface area contributed by atoms with Crippen molar-refractivity contribution in [2.45, 2.75) is 209 Å². The average molecular weight is 927 g/mol. The van der Waals surface area contributed by atoms with Gasteiger partial charge in [-0.05, 0) is 102 Å². The molecule has 4 N–H and O–H groups in total. The molecule has 374 valence electrons. The zero-order valence-electron chi connectivity index (χ0n) is 43.5. The third-order valence-electron chi connectivity index (χ3n) is 13.3. The smallest absolute Gasteiger partial charge is 0.305 e. The quantitative estimate of drug-likeness (QED) is 0.0428. The van der Waals surface area contributed by atoms with Crippen LogP contribution < -0.4 is 0 Å². The summed E-state index contributed by atoms with van der Waals surface area (Å²) in [5, 5.41) is 42.4. The standard InChI is InChI=1S/C59H90O8/c1-41(2)24-18-16-14-13-15-17-19-31-53(61)65-40-52-54(62)55(63)56(64)57(67-52)66-49-37-47(8)51(59(11,12)39-49)35-33-45(6)30-23-28-43(4)26-21-20-25-42(3)27-22-29-44(5)32-34-50-46(7)36-48(60)38-58(50,9)10/h20-23,25-30,32-35,41,48-49,52,54-57,60,62-64H,13-19,24,31,36-40H2,1-12H3/b21-20+,27-22+,28-23+,34-32+,35-33+,42-25+,43-26+,44-29+,45-30+/t48-,49-,52?,54?,55?,56?,57?/m1/s1. The van der Waals surface area contributed by atoms with E-state index in [2.05, 4.69) is 168 Å². The lowest BCUT2D eigenvalue weighted by Crippen LogP contribution is -2.60. The Morgan fingerprint density at radius 1 is 0.642 bits per heavy atom. The van der Waals surface area contributed by atoms with Gasteiger partial charge in [-0.1, -0.05) is 205 Å². The molecule has 0 aromatic carbocycles.